The van der Waals surface area contributed by atoms with Crippen LogP contribution < -0.4 is 0 Å². The summed E-state index contributed by atoms with van der Waals surface area (Å²) in [7, 11) is 2.05. The fourth-order valence-electron chi connectivity index (χ4n) is 3.56. The highest BCUT2D eigenvalue weighted by Crippen LogP contribution is 2.25. The molecule has 22 heavy (non-hydrogen) atoms. The van der Waals surface area contributed by atoms with Crippen molar-refractivity contribution in [1.82, 2.24) is 9.47 Å². The van der Waals surface area contributed by atoms with E-state index in [-0.39, 0.29) is 5.91 Å². The van der Waals surface area contributed by atoms with Crippen LogP contribution >= 0.6 is 0 Å². The molecule has 1 aromatic carbocycles. The smallest absolute Gasteiger partial charge is 0.219 e. The summed E-state index contributed by atoms with van der Waals surface area (Å²) < 4.78 is 2.17. The van der Waals surface area contributed by atoms with Crippen LogP contribution in [0.2, 0.25) is 0 Å². The zero-order chi connectivity index (χ0) is 15.7. The predicted molar refractivity (Wildman–Crippen MR) is 86.4 cm³/mol. The third-order valence-electron chi connectivity index (χ3n) is 4.79. The lowest BCUT2D eigenvalue weighted by Crippen LogP contribution is -2.33. The molecule has 1 unspecified atom stereocenters. The number of carbonyl (C=O) groups is 1. The van der Waals surface area contributed by atoms with Gasteiger partial charge in [-0.05, 0) is 49.3 Å². The molecule has 0 N–H and O–H groups in total. The molecular weight excluding hydrogens is 274 g/mol. The van der Waals surface area contributed by atoms with Crippen LogP contribution in [0, 0.1) is 11.3 Å². The number of benzene rings is 1. The molecular formula is C18H21N3O. The average Bonchev–Trinajstić information content (AvgIpc) is 3.10. The Morgan fingerprint density at radius 2 is 2.23 bits per heavy atom. The van der Waals surface area contributed by atoms with Crippen molar-refractivity contribution < 1.29 is 4.79 Å². The van der Waals surface area contributed by atoms with Crippen LogP contribution in [0.3, 0.4) is 0 Å². The Morgan fingerprint density at radius 1 is 1.41 bits per heavy atom. The minimum absolute atomic E-state index is 0.193. The van der Waals surface area contributed by atoms with Crippen molar-refractivity contribution >= 4 is 16.8 Å². The van der Waals surface area contributed by atoms with Gasteiger partial charge >= 0.3 is 0 Å². The van der Waals surface area contributed by atoms with Crippen molar-refractivity contribution in [3.8, 4) is 6.07 Å². The molecule has 2 heterocycles. The second kappa shape index (κ2) is 5.84. The molecule has 3 rings (SSSR count). The molecule has 1 fully saturated rings. The van der Waals surface area contributed by atoms with E-state index in [1.807, 2.05) is 23.1 Å². The Bertz CT molecular complexity index is 754. The average molecular weight is 295 g/mol. The normalized spacial score (nSPS) is 17.9. The van der Waals surface area contributed by atoms with Crippen molar-refractivity contribution in [3.05, 3.63) is 35.5 Å². The van der Waals surface area contributed by atoms with Crippen LogP contribution in [0.15, 0.2) is 24.3 Å². The summed E-state index contributed by atoms with van der Waals surface area (Å²) in [6.07, 6.45) is 4.20. The van der Waals surface area contributed by atoms with Gasteiger partial charge < -0.3 is 9.47 Å². The molecule has 0 spiro atoms. The van der Waals surface area contributed by atoms with E-state index in [4.69, 9.17) is 5.26 Å². The Balaban J connectivity index is 1.78. The highest BCUT2D eigenvalue weighted by Gasteiger charge is 2.26. The summed E-state index contributed by atoms with van der Waals surface area (Å²) in [5, 5.41) is 10.2. The molecule has 114 valence electrons. The number of amides is 1. The molecule has 0 bridgehead atoms. The highest BCUT2D eigenvalue weighted by molar-refractivity contribution is 5.82. The first kappa shape index (κ1) is 14.6. The zero-order valence-corrected chi connectivity index (χ0v) is 13.2. The van der Waals surface area contributed by atoms with Gasteiger partial charge in [-0.3, -0.25) is 4.79 Å². The summed E-state index contributed by atoms with van der Waals surface area (Å²) in [6.45, 7) is 2.57. The molecule has 1 saturated heterocycles. The quantitative estimate of drug-likeness (QED) is 0.874. The van der Waals surface area contributed by atoms with Gasteiger partial charge in [0, 0.05) is 37.8 Å². The second-order valence-electron chi connectivity index (χ2n) is 6.13. The number of hydrogen-bond donors (Lipinski definition) is 0. The molecule has 0 aliphatic carbocycles. The number of likely N-dealkylation sites (tertiary alicyclic amines) is 1. The lowest BCUT2D eigenvalue weighted by atomic mass is 10.1. The van der Waals surface area contributed by atoms with Crippen LogP contribution in [-0.4, -0.2) is 28.0 Å². The summed E-state index contributed by atoms with van der Waals surface area (Å²) in [5.41, 5.74) is 3.06. The van der Waals surface area contributed by atoms with Crippen LogP contribution in [0.25, 0.3) is 10.9 Å². The van der Waals surface area contributed by atoms with E-state index in [1.165, 1.54) is 11.1 Å². The van der Waals surface area contributed by atoms with Gasteiger partial charge in [0.2, 0.25) is 5.91 Å². The second-order valence-corrected chi connectivity index (χ2v) is 6.13. The number of carbonyl (C=O) groups excluding carboxylic acids is 1. The highest BCUT2D eigenvalue weighted by atomic mass is 16.2. The van der Waals surface area contributed by atoms with Gasteiger partial charge in [0.25, 0.3) is 0 Å². The number of hydrogen-bond acceptors (Lipinski definition) is 2. The van der Waals surface area contributed by atoms with Gasteiger partial charge in [0.15, 0.2) is 0 Å². The minimum Gasteiger partial charge on any atom is -0.348 e. The third kappa shape index (κ3) is 2.59. The van der Waals surface area contributed by atoms with E-state index in [2.05, 4.69) is 23.8 Å². The summed E-state index contributed by atoms with van der Waals surface area (Å²) in [6, 6.07) is 10.6. The molecule has 1 atom stereocenters. The van der Waals surface area contributed by atoms with Crippen molar-refractivity contribution in [2.24, 2.45) is 7.05 Å². The molecule has 1 amide bonds. The van der Waals surface area contributed by atoms with E-state index in [9.17, 15) is 4.79 Å². The fraction of sp³-hybridized carbons (Fsp3) is 0.444. The standard InChI is InChI=1S/C18H21N3O/c1-13(22)21-9-3-4-16(21)7-8-17-11-15-6-5-14(12-19)10-18(15)20(17)2/h5-6,10-11,16H,3-4,7-9H2,1-2H3. The molecule has 0 saturated carbocycles. The van der Waals surface area contributed by atoms with Crippen LogP contribution in [0.1, 0.15) is 37.4 Å². The molecule has 4 nitrogen and oxygen atoms in total. The maximum atomic E-state index is 11.6. The SMILES string of the molecule is CC(=O)N1CCCC1CCc1cc2ccc(C#N)cc2n1C. The van der Waals surface area contributed by atoms with Crippen molar-refractivity contribution in [2.45, 2.75) is 38.6 Å². The fourth-order valence-corrected chi connectivity index (χ4v) is 3.56. The van der Waals surface area contributed by atoms with E-state index < -0.39 is 0 Å². The van der Waals surface area contributed by atoms with E-state index in [0.717, 1.165) is 37.7 Å². The topological polar surface area (TPSA) is 49.0 Å². The van der Waals surface area contributed by atoms with Gasteiger partial charge in [-0.1, -0.05) is 6.07 Å². The Morgan fingerprint density at radius 3 is 2.95 bits per heavy atom. The van der Waals surface area contributed by atoms with Crippen LogP contribution in [0.4, 0.5) is 0 Å². The molecule has 1 aliphatic heterocycles. The van der Waals surface area contributed by atoms with E-state index >= 15 is 0 Å². The lowest BCUT2D eigenvalue weighted by molar-refractivity contribution is -0.129. The number of fused-ring (bicyclic) bond motifs is 1. The summed E-state index contributed by atoms with van der Waals surface area (Å²) in [4.78, 5) is 13.6. The number of nitrogens with zero attached hydrogens (tertiary/aromatic N) is 3. The molecule has 0 radical (unpaired) electrons. The number of rotatable bonds is 3. The van der Waals surface area contributed by atoms with E-state index in [0.29, 0.717) is 11.6 Å². The lowest BCUT2D eigenvalue weighted by Gasteiger charge is -2.23. The first-order valence-electron chi connectivity index (χ1n) is 7.86. The Kier molecular flexibility index (Phi) is 3.89. The van der Waals surface area contributed by atoms with Gasteiger partial charge in [0.1, 0.15) is 0 Å². The van der Waals surface area contributed by atoms with Gasteiger partial charge in [-0.2, -0.15) is 5.26 Å². The summed E-state index contributed by atoms with van der Waals surface area (Å²) >= 11 is 0. The maximum absolute atomic E-state index is 11.6. The first-order chi connectivity index (χ1) is 10.6. The van der Waals surface area contributed by atoms with Crippen molar-refractivity contribution in [3.63, 3.8) is 0 Å². The zero-order valence-electron chi connectivity index (χ0n) is 13.2. The number of nitriles is 1. The Hall–Kier alpha value is -2.28. The van der Waals surface area contributed by atoms with Crippen LogP contribution in [-0.2, 0) is 18.3 Å². The maximum Gasteiger partial charge on any atom is 0.219 e. The predicted octanol–water partition coefficient (Wildman–Crippen LogP) is 2.99. The number of aryl methyl sites for hydroxylation is 2. The largest absolute Gasteiger partial charge is 0.348 e. The van der Waals surface area contributed by atoms with Gasteiger partial charge in [-0.15, -0.1) is 0 Å². The first-order valence-corrected chi connectivity index (χ1v) is 7.86. The van der Waals surface area contributed by atoms with E-state index in [1.54, 1.807) is 6.92 Å². The monoisotopic (exact) mass is 295 g/mol. The molecule has 1 aliphatic rings. The minimum atomic E-state index is 0.193. The molecule has 2 aromatic rings. The van der Waals surface area contributed by atoms with Gasteiger partial charge in [-0.25, -0.2) is 0 Å². The van der Waals surface area contributed by atoms with Gasteiger partial charge in [0.05, 0.1) is 11.6 Å². The number of aromatic nitrogens is 1. The Labute approximate surface area is 130 Å². The van der Waals surface area contributed by atoms with Crippen molar-refractivity contribution in [2.75, 3.05) is 6.54 Å². The summed E-state index contributed by atoms with van der Waals surface area (Å²) in [5.74, 6) is 0.193. The third-order valence-corrected chi connectivity index (χ3v) is 4.79. The van der Waals surface area contributed by atoms with Crippen LogP contribution in [0.5, 0.6) is 0 Å². The van der Waals surface area contributed by atoms with Crippen molar-refractivity contribution in [1.29, 1.82) is 5.26 Å². The molecule has 1 aromatic heterocycles. The molecule has 4 heteroatoms.